The van der Waals surface area contributed by atoms with Crippen molar-refractivity contribution in [2.45, 2.75) is 26.1 Å². The quantitative estimate of drug-likeness (QED) is 0.387. The molecule has 0 aliphatic rings. The normalized spacial score (nSPS) is 13.6. The van der Waals surface area contributed by atoms with Gasteiger partial charge in [-0.15, -0.1) is 0 Å². The van der Waals surface area contributed by atoms with Gasteiger partial charge in [-0.2, -0.15) is 0 Å². The maximum atomic E-state index is 13.2. The van der Waals surface area contributed by atoms with Crippen LogP contribution >= 0.6 is 7.60 Å². The predicted octanol–water partition coefficient (Wildman–Crippen LogP) is 3.13. The van der Waals surface area contributed by atoms with Crippen LogP contribution < -0.4 is 5.32 Å². The average Bonchev–Trinajstić information content (AvgIpc) is 2.60. The first-order chi connectivity index (χ1) is 11.8. The lowest BCUT2D eigenvalue weighted by molar-refractivity contribution is -0.146. The Morgan fingerprint density at radius 1 is 1.20 bits per heavy atom. The van der Waals surface area contributed by atoms with Gasteiger partial charge in [-0.25, -0.2) is 4.79 Å². The molecule has 8 heteroatoms. The molecular weight excluding hydrogens is 345 g/mol. The Balaban J connectivity index is 3.26. The van der Waals surface area contributed by atoms with Crippen molar-refractivity contribution in [3.63, 3.8) is 0 Å². The molecule has 25 heavy (non-hydrogen) atoms. The maximum absolute atomic E-state index is 13.2. The van der Waals surface area contributed by atoms with Gasteiger partial charge in [0.1, 0.15) is 6.61 Å². The number of nitrogens with one attached hydrogen (secondary N) is 1. The fourth-order valence-corrected chi connectivity index (χ4v) is 3.82. The molecule has 7 nitrogen and oxygen atoms in total. The highest BCUT2D eigenvalue weighted by Crippen LogP contribution is 2.59. The Morgan fingerprint density at radius 3 is 2.24 bits per heavy atom. The molecule has 0 unspecified atom stereocenters. The van der Waals surface area contributed by atoms with Crippen LogP contribution in [0.4, 0.5) is 0 Å². The van der Waals surface area contributed by atoms with Crippen molar-refractivity contribution in [3.8, 4) is 0 Å². The number of carbonyl (C=O) groups excluding carboxylic acids is 2. The van der Waals surface area contributed by atoms with Gasteiger partial charge in [0.25, 0.3) is 5.91 Å². The molecule has 0 saturated heterocycles. The lowest BCUT2D eigenvalue weighted by Crippen LogP contribution is -2.53. The number of benzene rings is 1. The molecule has 0 aliphatic heterocycles. The summed E-state index contributed by atoms with van der Waals surface area (Å²) >= 11 is 0. The predicted molar refractivity (Wildman–Crippen MR) is 94.3 cm³/mol. The zero-order chi connectivity index (χ0) is 18.9. The monoisotopic (exact) mass is 369 g/mol. The highest BCUT2D eigenvalue weighted by Gasteiger charge is 2.56. The maximum Gasteiger partial charge on any atom is 0.367 e. The van der Waals surface area contributed by atoms with Gasteiger partial charge < -0.3 is 19.1 Å². The van der Waals surface area contributed by atoms with Crippen molar-refractivity contribution >= 4 is 19.5 Å². The molecule has 0 aromatic heterocycles. The summed E-state index contributed by atoms with van der Waals surface area (Å²) < 4.78 is 28.8. The van der Waals surface area contributed by atoms with Crippen LogP contribution in [0.1, 0.15) is 31.1 Å². The third kappa shape index (κ3) is 5.01. The minimum absolute atomic E-state index is 0.0306. The zero-order valence-corrected chi connectivity index (χ0v) is 15.6. The Morgan fingerprint density at radius 2 is 1.76 bits per heavy atom. The molecule has 0 spiro atoms. The van der Waals surface area contributed by atoms with Crippen LogP contribution in [0.2, 0.25) is 0 Å². The minimum Gasteiger partial charge on any atom is -0.459 e. The summed E-state index contributed by atoms with van der Waals surface area (Å²) in [7, 11) is -4.05. The summed E-state index contributed by atoms with van der Waals surface area (Å²) in [6.07, 6.45) is 1.36. The van der Waals surface area contributed by atoms with Crippen molar-refractivity contribution in [1.29, 1.82) is 0 Å². The second-order valence-electron chi connectivity index (χ2n) is 5.11. The van der Waals surface area contributed by atoms with Crippen molar-refractivity contribution in [1.82, 2.24) is 5.32 Å². The zero-order valence-electron chi connectivity index (χ0n) is 14.7. The van der Waals surface area contributed by atoms with E-state index in [9.17, 15) is 14.2 Å². The summed E-state index contributed by atoms with van der Waals surface area (Å²) in [6, 6.07) is 8.23. The number of rotatable bonds is 10. The lowest BCUT2D eigenvalue weighted by atomic mass is 10.2. The molecule has 1 aromatic rings. The molecular formula is C17H24NO6P. The summed E-state index contributed by atoms with van der Waals surface area (Å²) in [5, 5.41) is 0.463. The molecule has 0 heterocycles. The Bertz CT molecular complexity index is 638. The fraction of sp³-hybridized carbons (Fsp3) is 0.412. The first-order valence-electron chi connectivity index (χ1n) is 7.89. The van der Waals surface area contributed by atoms with Gasteiger partial charge in [-0.1, -0.05) is 30.9 Å². The van der Waals surface area contributed by atoms with Crippen LogP contribution in [-0.2, 0) is 23.1 Å². The SMILES string of the molecule is C=CCOC(=O)[C@@](C)(NC(=O)c1ccccc1)P(=O)(OCC)OCC. The molecule has 0 bridgehead atoms. The summed E-state index contributed by atoms with van der Waals surface area (Å²) in [5.41, 5.74) is 0.296. The van der Waals surface area contributed by atoms with E-state index < -0.39 is 24.8 Å². The van der Waals surface area contributed by atoms with E-state index in [0.29, 0.717) is 5.56 Å². The summed E-state index contributed by atoms with van der Waals surface area (Å²) in [5.74, 6) is -1.53. The molecule has 0 fully saturated rings. The van der Waals surface area contributed by atoms with Gasteiger partial charge in [0.2, 0.25) is 5.28 Å². The van der Waals surface area contributed by atoms with Crippen LogP contribution in [-0.4, -0.2) is 37.0 Å². The largest absolute Gasteiger partial charge is 0.459 e. The molecule has 0 aliphatic carbocycles. The average molecular weight is 369 g/mol. The van der Waals surface area contributed by atoms with E-state index in [4.69, 9.17) is 13.8 Å². The molecule has 138 valence electrons. The fourth-order valence-electron chi connectivity index (χ4n) is 2.02. The highest BCUT2D eigenvalue weighted by atomic mass is 31.2. The minimum atomic E-state index is -4.05. The number of carbonyl (C=O) groups is 2. The van der Waals surface area contributed by atoms with E-state index in [0.717, 1.165) is 0 Å². The van der Waals surface area contributed by atoms with Crippen LogP contribution in [0.5, 0.6) is 0 Å². The molecule has 1 rings (SSSR count). The third-order valence-corrected chi connectivity index (χ3v) is 5.85. The molecule has 1 atom stereocenters. The Hall–Kier alpha value is -1.95. The lowest BCUT2D eigenvalue weighted by Gasteiger charge is -2.34. The van der Waals surface area contributed by atoms with Gasteiger partial charge in [0.05, 0.1) is 13.2 Å². The number of amides is 1. The van der Waals surface area contributed by atoms with Gasteiger partial charge >= 0.3 is 13.6 Å². The van der Waals surface area contributed by atoms with Crippen molar-refractivity contribution in [3.05, 3.63) is 48.6 Å². The number of esters is 1. The molecule has 0 saturated carbocycles. The standard InChI is InChI=1S/C17H24NO6P/c1-5-13-22-16(20)17(4,25(21,23-6-2)24-7-3)18-15(19)14-11-9-8-10-12-14/h5,8-12H,1,6-7,13H2,2-4H3,(H,18,19)/t17-/m0/s1. The third-order valence-electron chi connectivity index (χ3n) is 3.27. The second-order valence-corrected chi connectivity index (χ2v) is 7.52. The van der Waals surface area contributed by atoms with Crippen molar-refractivity contribution in [2.24, 2.45) is 0 Å². The van der Waals surface area contributed by atoms with Crippen LogP contribution in [0.25, 0.3) is 0 Å². The molecule has 0 radical (unpaired) electrons. The van der Waals surface area contributed by atoms with E-state index in [2.05, 4.69) is 11.9 Å². The van der Waals surface area contributed by atoms with E-state index in [1.54, 1.807) is 44.2 Å². The first kappa shape index (κ1) is 21.1. The Labute approximate surface area is 147 Å². The first-order valence-corrected chi connectivity index (χ1v) is 9.43. The van der Waals surface area contributed by atoms with Gasteiger partial charge in [-0.3, -0.25) is 9.36 Å². The van der Waals surface area contributed by atoms with E-state index >= 15 is 0 Å². The number of hydrogen-bond donors (Lipinski definition) is 1. The molecule has 1 aromatic carbocycles. The van der Waals surface area contributed by atoms with E-state index in [-0.39, 0.29) is 19.8 Å². The van der Waals surface area contributed by atoms with E-state index in [1.807, 2.05) is 0 Å². The topological polar surface area (TPSA) is 90.9 Å². The second kappa shape index (κ2) is 9.51. The summed E-state index contributed by atoms with van der Waals surface area (Å²) in [6.45, 7) is 7.91. The smallest absolute Gasteiger partial charge is 0.367 e. The highest BCUT2D eigenvalue weighted by molar-refractivity contribution is 7.56. The van der Waals surface area contributed by atoms with Crippen LogP contribution in [0, 0.1) is 0 Å². The molecule has 1 N–H and O–H groups in total. The van der Waals surface area contributed by atoms with Crippen molar-refractivity contribution in [2.75, 3.05) is 19.8 Å². The molecule has 1 amide bonds. The van der Waals surface area contributed by atoms with Crippen molar-refractivity contribution < 1.29 is 27.9 Å². The van der Waals surface area contributed by atoms with Crippen LogP contribution in [0.15, 0.2) is 43.0 Å². The van der Waals surface area contributed by atoms with E-state index in [1.165, 1.54) is 13.0 Å². The summed E-state index contributed by atoms with van der Waals surface area (Å²) in [4.78, 5) is 25.1. The van der Waals surface area contributed by atoms with Gasteiger partial charge in [0.15, 0.2) is 0 Å². The number of ether oxygens (including phenoxy) is 1. The van der Waals surface area contributed by atoms with Gasteiger partial charge in [-0.05, 0) is 32.9 Å². The van der Waals surface area contributed by atoms with Gasteiger partial charge in [0, 0.05) is 5.56 Å². The van der Waals surface area contributed by atoms with Crippen LogP contribution in [0.3, 0.4) is 0 Å². The number of hydrogen-bond acceptors (Lipinski definition) is 6. The Kier molecular flexibility index (Phi) is 8.03.